The second-order valence-corrected chi connectivity index (χ2v) is 4.44. The van der Waals surface area contributed by atoms with Crippen LogP contribution in [0.4, 0.5) is 4.39 Å². The fourth-order valence-electron chi connectivity index (χ4n) is 1.70. The molecule has 6 heteroatoms. The van der Waals surface area contributed by atoms with Crippen LogP contribution in [0, 0.1) is 5.82 Å². The van der Waals surface area contributed by atoms with Crippen LogP contribution in [0.25, 0.3) is 6.08 Å². The van der Waals surface area contributed by atoms with Crippen LogP contribution in [0.3, 0.4) is 0 Å². The number of carboxylic acid groups (broad SMARTS) is 1. The molecule has 1 unspecified atom stereocenters. The van der Waals surface area contributed by atoms with Crippen LogP contribution >= 0.6 is 0 Å². The van der Waals surface area contributed by atoms with Crippen LogP contribution < -0.4 is 5.32 Å². The molecule has 1 aromatic rings. The molecule has 2 N–H and O–H groups in total. The van der Waals surface area contributed by atoms with Crippen LogP contribution in [0.15, 0.2) is 24.3 Å². The van der Waals surface area contributed by atoms with Gasteiger partial charge < -0.3 is 15.2 Å². The van der Waals surface area contributed by atoms with Gasteiger partial charge in [0.1, 0.15) is 5.82 Å². The molecule has 0 heterocycles. The third-order valence-electron chi connectivity index (χ3n) is 2.86. The maximum absolute atomic E-state index is 13.8. The first-order chi connectivity index (χ1) is 9.97. The van der Waals surface area contributed by atoms with Crippen LogP contribution in [-0.2, 0) is 9.53 Å². The lowest BCUT2D eigenvalue weighted by atomic mass is 10.1. The van der Waals surface area contributed by atoms with E-state index in [1.807, 2.05) is 6.92 Å². The van der Waals surface area contributed by atoms with E-state index < -0.39 is 17.7 Å². The molecule has 0 aliphatic carbocycles. The van der Waals surface area contributed by atoms with Gasteiger partial charge in [-0.25, -0.2) is 9.18 Å². The number of nitrogens with one attached hydrogen (secondary N) is 1. The number of carbonyl (C=O) groups excluding carboxylic acids is 1. The summed E-state index contributed by atoms with van der Waals surface area (Å²) in [6, 6.07) is 3.74. The summed E-state index contributed by atoms with van der Waals surface area (Å²) in [4.78, 5) is 22.4. The van der Waals surface area contributed by atoms with Crippen molar-refractivity contribution in [3.05, 3.63) is 41.2 Å². The van der Waals surface area contributed by atoms with E-state index in [4.69, 9.17) is 9.84 Å². The standard InChI is InChI=1S/C15H18FNO4/c1-3-12(9-21-2)17-15(20)11-5-4-10(13(16)8-11)6-7-14(18)19/h4-8,12H,3,9H2,1-2H3,(H,17,20)(H,18,19). The Morgan fingerprint density at radius 2 is 2.19 bits per heavy atom. The molecule has 0 spiro atoms. The highest BCUT2D eigenvalue weighted by Crippen LogP contribution is 2.12. The molecular weight excluding hydrogens is 277 g/mol. The minimum atomic E-state index is -1.17. The topological polar surface area (TPSA) is 75.6 Å². The van der Waals surface area contributed by atoms with Crippen molar-refractivity contribution in [3.8, 4) is 0 Å². The predicted octanol–water partition coefficient (Wildman–Crippen LogP) is 2.08. The van der Waals surface area contributed by atoms with Gasteiger partial charge in [-0.1, -0.05) is 13.0 Å². The molecular formula is C15H18FNO4. The number of aliphatic carboxylic acids is 1. The Labute approximate surface area is 122 Å². The van der Waals surface area contributed by atoms with Gasteiger partial charge in [0.25, 0.3) is 5.91 Å². The van der Waals surface area contributed by atoms with Gasteiger partial charge in [-0.05, 0) is 24.6 Å². The van der Waals surface area contributed by atoms with Crippen molar-refractivity contribution < 1.29 is 23.8 Å². The van der Waals surface area contributed by atoms with Crippen molar-refractivity contribution >= 4 is 18.0 Å². The highest BCUT2D eigenvalue weighted by atomic mass is 19.1. The molecule has 0 fully saturated rings. The summed E-state index contributed by atoms with van der Waals surface area (Å²) < 4.78 is 18.8. The van der Waals surface area contributed by atoms with Crippen molar-refractivity contribution in [2.75, 3.05) is 13.7 Å². The van der Waals surface area contributed by atoms with E-state index in [0.29, 0.717) is 13.0 Å². The van der Waals surface area contributed by atoms with Crippen molar-refractivity contribution in [3.63, 3.8) is 0 Å². The largest absolute Gasteiger partial charge is 0.478 e. The first-order valence-corrected chi connectivity index (χ1v) is 6.48. The summed E-state index contributed by atoms with van der Waals surface area (Å²) >= 11 is 0. The molecule has 1 rings (SSSR count). The maximum atomic E-state index is 13.8. The van der Waals surface area contributed by atoms with E-state index in [0.717, 1.165) is 18.2 Å². The van der Waals surface area contributed by atoms with Crippen LogP contribution in [0.2, 0.25) is 0 Å². The second kappa shape index (κ2) is 8.16. The number of hydrogen-bond acceptors (Lipinski definition) is 3. The minimum absolute atomic E-state index is 0.109. The van der Waals surface area contributed by atoms with Gasteiger partial charge in [-0.3, -0.25) is 4.79 Å². The Balaban J connectivity index is 2.83. The average Bonchev–Trinajstić information content (AvgIpc) is 2.45. The molecule has 5 nitrogen and oxygen atoms in total. The smallest absolute Gasteiger partial charge is 0.328 e. The summed E-state index contributed by atoms with van der Waals surface area (Å²) in [6.45, 7) is 2.29. The number of ether oxygens (including phenoxy) is 1. The zero-order chi connectivity index (χ0) is 15.8. The first kappa shape index (κ1) is 16.8. The van der Waals surface area contributed by atoms with Gasteiger partial charge in [-0.2, -0.15) is 0 Å². The molecule has 0 aromatic heterocycles. The van der Waals surface area contributed by atoms with Crippen LogP contribution in [0.1, 0.15) is 29.3 Å². The third kappa shape index (κ3) is 5.35. The minimum Gasteiger partial charge on any atom is -0.478 e. The van der Waals surface area contributed by atoms with Crippen molar-refractivity contribution in [1.82, 2.24) is 5.32 Å². The number of hydrogen-bond donors (Lipinski definition) is 2. The highest BCUT2D eigenvalue weighted by Gasteiger charge is 2.13. The molecule has 1 aromatic carbocycles. The third-order valence-corrected chi connectivity index (χ3v) is 2.86. The Morgan fingerprint density at radius 3 is 2.71 bits per heavy atom. The summed E-state index contributed by atoms with van der Waals surface area (Å²) in [5.41, 5.74) is 0.285. The van der Waals surface area contributed by atoms with Crippen LogP contribution in [-0.4, -0.2) is 36.7 Å². The zero-order valence-corrected chi connectivity index (χ0v) is 11.9. The van der Waals surface area contributed by atoms with E-state index in [2.05, 4.69) is 5.32 Å². The highest BCUT2D eigenvalue weighted by molar-refractivity contribution is 5.94. The first-order valence-electron chi connectivity index (χ1n) is 6.48. The number of rotatable bonds is 7. The fourth-order valence-corrected chi connectivity index (χ4v) is 1.70. The number of amides is 1. The maximum Gasteiger partial charge on any atom is 0.328 e. The Morgan fingerprint density at radius 1 is 1.48 bits per heavy atom. The number of benzene rings is 1. The summed E-state index contributed by atoms with van der Waals surface area (Å²) in [6.07, 6.45) is 2.67. The van der Waals surface area contributed by atoms with Gasteiger partial charge in [0.05, 0.1) is 12.6 Å². The normalized spacial score (nSPS) is 12.3. The SMILES string of the molecule is CCC(COC)NC(=O)c1ccc(C=CC(=O)O)c(F)c1. The van der Waals surface area contributed by atoms with Crippen LogP contribution in [0.5, 0.6) is 0 Å². The van der Waals surface area contributed by atoms with Gasteiger partial charge >= 0.3 is 5.97 Å². The lowest BCUT2D eigenvalue weighted by molar-refractivity contribution is -0.131. The van der Waals surface area contributed by atoms with Crippen molar-refractivity contribution in [2.45, 2.75) is 19.4 Å². The van der Waals surface area contributed by atoms with Gasteiger partial charge in [0.2, 0.25) is 0 Å². The molecule has 21 heavy (non-hydrogen) atoms. The van der Waals surface area contributed by atoms with Gasteiger partial charge in [-0.15, -0.1) is 0 Å². The molecule has 114 valence electrons. The van der Waals surface area contributed by atoms with Crippen molar-refractivity contribution in [2.24, 2.45) is 0 Å². The van der Waals surface area contributed by atoms with E-state index in [-0.39, 0.29) is 17.2 Å². The lowest BCUT2D eigenvalue weighted by Gasteiger charge is -2.16. The molecule has 0 radical (unpaired) electrons. The average molecular weight is 295 g/mol. The monoisotopic (exact) mass is 295 g/mol. The molecule has 0 saturated heterocycles. The number of methoxy groups -OCH3 is 1. The van der Waals surface area contributed by atoms with E-state index in [9.17, 15) is 14.0 Å². The Kier molecular flexibility index (Phi) is 6.55. The summed E-state index contributed by atoms with van der Waals surface area (Å²) in [5.74, 6) is -2.21. The lowest BCUT2D eigenvalue weighted by Crippen LogP contribution is -2.37. The summed E-state index contributed by atoms with van der Waals surface area (Å²) in [7, 11) is 1.54. The van der Waals surface area contributed by atoms with Gasteiger partial charge in [0, 0.05) is 24.3 Å². The molecule has 0 aliphatic rings. The quantitative estimate of drug-likeness (QED) is 0.755. The molecule has 0 bridgehead atoms. The molecule has 0 aliphatic heterocycles. The van der Waals surface area contributed by atoms with E-state index >= 15 is 0 Å². The predicted molar refractivity (Wildman–Crippen MR) is 76.5 cm³/mol. The number of carboxylic acids is 1. The fraction of sp³-hybridized carbons (Fsp3) is 0.333. The van der Waals surface area contributed by atoms with Crippen molar-refractivity contribution in [1.29, 1.82) is 0 Å². The molecule has 1 amide bonds. The zero-order valence-electron chi connectivity index (χ0n) is 11.9. The Bertz CT molecular complexity index is 542. The Hall–Kier alpha value is -2.21. The number of halogens is 1. The second-order valence-electron chi connectivity index (χ2n) is 4.44. The van der Waals surface area contributed by atoms with E-state index in [1.165, 1.54) is 19.2 Å². The molecule has 1 atom stereocenters. The van der Waals surface area contributed by atoms with E-state index in [1.54, 1.807) is 0 Å². The summed E-state index contributed by atoms with van der Waals surface area (Å²) in [5, 5.41) is 11.2. The molecule has 0 saturated carbocycles. The number of carbonyl (C=O) groups is 2. The van der Waals surface area contributed by atoms with Gasteiger partial charge in [0.15, 0.2) is 0 Å².